The molecule has 0 aliphatic rings. The van der Waals surface area contributed by atoms with E-state index >= 15 is 0 Å². The number of para-hydroxylation sites is 2. The molecule has 7 aromatic rings. The summed E-state index contributed by atoms with van der Waals surface area (Å²) in [7, 11) is 0. The van der Waals surface area contributed by atoms with Crippen molar-refractivity contribution in [1.82, 2.24) is 0 Å². The highest BCUT2D eigenvalue weighted by molar-refractivity contribution is 7.24. The quantitative estimate of drug-likeness (QED) is 0.216. The average molecular weight is 526 g/mol. The second-order valence-electron chi connectivity index (χ2n) is 9.79. The topological polar surface area (TPSA) is 50.5 Å². The van der Waals surface area contributed by atoms with Gasteiger partial charge in [0.1, 0.15) is 11.2 Å². The third-order valence-corrected chi connectivity index (χ3v) is 8.46. The van der Waals surface area contributed by atoms with E-state index in [0.717, 1.165) is 37.6 Å². The van der Waals surface area contributed by atoms with Crippen molar-refractivity contribution in [1.29, 1.82) is 0 Å². The number of anilines is 3. The number of aryl methyl sites for hydroxylation is 2. The van der Waals surface area contributed by atoms with Gasteiger partial charge in [-0.1, -0.05) is 48.5 Å². The number of nitrogens with zero attached hydrogens (tertiary/aromatic N) is 1. The highest BCUT2D eigenvalue weighted by Crippen LogP contribution is 2.39. The van der Waals surface area contributed by atoms with Crippen molar-refractivity contribution in [3.63, 3.8) is 0 Å². The molecule has 7 rings (SSSR count). The van der Waals surface area contributed by atoms with Gasteiger partial charge < -0.3 is 9.32 Å². The molecule has 0 amide bonds. The van der Waals surface area contributed by atoms with E-state index in [9.17, 15) is 9.59 Å². The van der Waals surface area contributed by atoms with Gasteiger partial charge in [-0.05, 0) is 73.5 Å². The second kappa shape index (κ2) is 8.93. The van der Waals surface area contributed by atoms with Crippen LogP contribution in [-0.4, -0.2) is 0 Å². The van der Waals surface area contributed by atoms with Gasteiger partial charge in [0.2, 0.25) is 5.43 Å². The summed E-state index contributed by atoms with van der Waals surface area (Å²) in [5.41, 5.74) is 5.96. The summed E-state index contributed by atoms with van der Waals surface area (Å²) in [6.45, 7) is 4.18. The molecule has 0 fully saturated rings. The second-order valence-corrected chi connectivity index (χ2v) is 10.9. The van der Waals surface area contributed by atoms with E-state index in [-0.39, 0.29) is 10.9 Å². The van der Waals surface area contributed by atoms with E-state index in [1.165, 1.54) is 11.3 Å². The molecular weight excluding hydrogens is 502 g/mol. The molecule has 188 valence electrons. The number of hydrogen-bond acceptors (Lipinski definition) is 5. The molecule has 0 saturated heterocycles. The molecule has 0 saturated carbocycles. The maximum atomic E-state index is 13.7. The zero-order valence-corrected chi connectivity index (χ0v) is 22.2. The summed E-state index contributed by atoms with van der Waals surface area (Å²) in [6.07, 6.45) is 0. The van der Waals surface area contributed by atoms with E-state index in [1.807, 2.05) is 66.7 Å². The van der Waals surface area contributed by atoms with Crippen molar-refractivity contribution in [3.8, 4) is 0 Å². The Kier molecular flexibility index (Phi) is 5.35. The molecular formula is C34H23NO3S. The lowest BCUT2D eigenvalue weighted by Gasteiger charge is -2.28. The first-order valence-electron chi connectivity index (χ1n) is 12.8. The van der Waals surface area contributed by atoms with Crippen molar-refractivity contribution in [2.24, 2.45) is 0 Å². The summed E-state index contributed by atoms with van der Waals surface area (Å²) >= 11 is 1.51. The molecule has 0 radical (unpaired) electrons. The maximum Gasteiger partial charge on any atom is 0.200 e. The summed E-state index contributed by atoms with van der Waals surface area (Å²) in [5, 5.41) is 2.22. The zero-order valence-electron chi connectivity index (χ0n) is 21.4. The first-order valence-corrected chi connectivity index (χ1v) is 13.6. The van der Waals surface area contributed by atoms with Crippen LogP contribution in [0, 0.1) is 13.8 Å². The van der Waals surface area contributed by atoms with Gasteiger partial charge in [-0.15, -0.1) is 11.3 Å². The van der Waals surface area contributed by atoms with E-state index in [0.29, 0.717) is 32.7 Å². The lowest BCUT2D eigenvalue weighted by atomic mass is 10.1. The predicted octanol–water partition coefficient (Wildman–Crippen LogP) is 8.76. The van der Waals surface area contributed by atoms with Gasteiger partial charge in [0.05, 0.1) is 10.8 Å². The minimum atomic E-state index is -0.106. The van der Waals surface area contributed by atoms with Gasteiger partial charge in [-0.3, -0.25) is 9.59 Å². The minimum Gasteiger partial charge on any atom is -0.456 e. The molecule has 0 atom stereocenters. The number of rotatable bonds is 3. The lowest BCUT2D eigenvalue weighted by Crippen LogP contribution is -2.13. The molecule has 4 nitrogen and oxygen atoms in total. The zero-order chi connectivity index (χ0) is 26.7. The standard InChI is InChI=1S/C34H23NO3S/c1-20-9-3-6-12-27(20)35(28-13-7-4-10-21(28)2)22-15-16-23-29(17-22)38-30-18-26-32(19-25(30)33(23)36)39-31-14-8-5-11-24(31)34(26)37/h3-19H,1-2H3. The van der Waals surface area contributed by atoms with Crippen LogP contribution in [0.1, 0.15) is 11.1 Å². The number of benzene rings is 5. The molecule has 5 heteroatoms. The molecule has 0 spiro atoms. The van der Waals surface area contributed by atoms with Crippen LogP contribution in [-0.2, 0) is 0 Å². The summed E-state index contributed by atoms with van der Waals surface area (Å²) in [4.78, 5) is 29.1. The van der Waals surface area contributed by atoms with Crippen LogP contribution in [0.3, 0.4) is 0 Å². The van der Waals surface area contributed by atoms with Gasteiger partial charge in [-0.25, -0.2) is 0 Å². The highest BCUT2D eigenvalue weighted by Gasteiger charge is 2.18. The van der Waals surface area contributed by atoms with Crippen LogP contribution in [0.25, 0.3) is 42.1 Å². The molecule has 0 aliphatic heterocycles. The molecule has 0 aliphatic carbocycles. The smallest absolute Gasteiger partial charge is 0.200 e. The van der Waals surface area contributed by atoms with E-state index in [2.05, 4.69) is 43.0 Å². The van der Waals surface area contributed by atoms with Crippen LogP contribution < -0.4 is 15.8 Å². The average Bonchev–Trinajstić information content (AvgIpc) is 2.95. The molecule has 0 N–H and O–H groups in total. The Morgan fingerprint density at radius 2 is 1.18 bits per heavy atom. The van der Waals surface area contributed by atoms with E-state index < -0.39 is 0 Å². The third kappa shape index (κ3) is 3.74. The maximum absolute atomic E-state index is 13.7. The van der Waals surface area contributed by atoms with Gasteiger partial charge in [-0.2, -0.15) is 0 Å². The van der Waals surface area contributed by atoms with Gasteiger partial charge in [0, 0.05) is 43.3 Å². The van der Waals surface area contributed by atoms with E-state index in [4.69, 9.17) is 4.42 Å². The Morgan fingerprint density at radius 3 is 1.90 bits per heavy atom. The Labute approximate surface area is 228 Å². The molecule has 2 heterocycles. The van der Waals surface area contributed by atoms with Crippen molar-refractivity contribution < 1.29 is 4.42 Å². The molecule has 0 unspecified atom stereocenters. The molecule has 39 heavy (non-hydrogen) atoms. The van der Waals surface area contributed by atoms with Gasteiger partial charge in [0.15, 0.2) is 5.43 Å². The van der Waals surface area contributed by atoms with Crippen LogP contribution >= 0.6 is 11.3 Å². The van der Waals surface area contributed by atoms with Crippen LogP contribution in [0.5, 0.6) is 0 Å². The van der Waals surface area contributed by atoms with Gasteiger partial charge >= 0.3 is 0 Å². The van der Waals surface area contributed by atoms with Crippen molar-refractivity contribution >= 4 is 70.5 Å². The Hall–Kier alpha value is -4.74. The van der Waals surface area contributed by atoms with Crippen molar-refractivity contribution in [3.05, 3.63) is 135 Å². The fourth-order valence-corrected chi connectivity index (χ4v) is 6.41. The van der Waals surface area contributed by atoms with E-state index in [1.54, 1.807) is 12.1 Å². The summed E-state index contributed by atoms with van der Waals surface area (Å²) in [5.74, 6) is 0. The third-order valence-electron chi connectivity index (χ3n) is 7.32. The van der Waals surface area contributed by atoms with Crippen molar-refractivity contribution in [2.45, 2.75) is 13.8 Å². The van der Waals surface area contributed by atoms with Crippen LogP contribution in [0.15, 0.2) is 117 Å². The summed E-state index contributed by atoms with van der Waals surface area (Å²) in [6, 6.07) is 33.3. The first-order chi connectivity index (χ1) is 19.0. The molecule has 5 aromatic carbocycles. The molecule has 2 aromatic heterocycles. The van der Waals surface area contributed by atoms with Crippen molar-refractivity contribution in [2.75, 3.05) is 4.90 Å². The normalized spacial score (nSPS) is 11.5. The van der Waals surface area contributed by atoms with Crippen LogP contribution in [0.4, 0.5) is 17.1 Å². The SMILES string of the molecule is Cc1ccccc1N(c1ccc2c(=O)c3cc4sc5ccccc5c(=O)c4cc3oc2c1)c1ccccc1C. The Bertz CT molecular complexity index is 2160. The number of hydrogen-bond donors (Lipinski definition) is 0. The van der Waals surface area contributed by atoms with Gasteiger partial charge in [0.25, 0.3) is 0 Å². The monoisotopic (exact) mass is 525 g/mol. The largest absolute Gasteiger partial charge is 0.456 e. The van der Waals surface area contributed by atoms with Crippen LogP contribution in [0.2, 0.25) is 0 Å². The Morgan fingerprint density at radius 1 is 0.564 bits per heavy atom. The number of fused-ring (bicyclic) bond motifs is 4. The minimum absolute atomic E-state index is 0.0528. The fraction of sp³-hybridized carbons (Fsp3) is 0.0588. The predicted molar refractivity (Wildman–Crippen MR) is 163 cm³/mol. The highest BCUT2D eigenvalue weighted by atomic mass is 32.1. The Balaban J connectivity index is 1.49. The lowest BCUT2D eigenvalue weighted by molar-refractivity contribution is 0.660. The fourth-order valence-electron chi connectivity index (χ4n) is 5.31. The first kappa shape index (κ1) is 23.4. The summed E-state index contributed by atoms with van der Waals surface area (Å²) < 4.78 is 8.04. The molecule has 0 bridgehead atoms.